The number of hydrogen-bond acceptors (Lipinski definition) is 4. The van der Waals surface area contributed by atoms with Crippen molar-refractivity contribution in [1.29, 1.82) is 0 Å². The highest BCUT2D eigenvalue weighted by Crippen LogP contribution is 2.13. The maximum atomic E-state index is 12.4. The predicted molar refractivity (Wildman–Crippen MR) is 95.5 cm³/mol. The lowest BCUT2D eigenvalue weighted by Crippen LogP contribution is -2.51. The van der Waals surface area contributed by atoms with Crippen molar-refractivity contribution in [2.24, 2.45) is 0 Å². The second-order valence-electron chi connectivity index (χ2n) is 5.91. The molecule has 25 heavy (non-hydrogen) atoms. The van der Waals surface area contributed by atoms with Gasteiger partial charge in [0.05, 0.1) is 6.54 Å². The topological polar surface area (TPSA) is 81.8 Å². The number of amides is 3. The minimum absolute atomic E-state index is 0.0175. The largest absolute Gasteiger partial charge is 0.355 e. The van der Waals surface area contributed by atoms with Gasteiger partial charge >= 0.3 is 0 Å². The first-order valence-electron chi connectivity index (χ1n) is 8.24. The van der Waals surface area contributed by atoms with E-state index in [1.807, 2.05) is 4.90 Å². The van der Waals surface area contributed by atoms with Crippen LogP contribution >= 0.6 is 11.6 Å². The van der Waals surface area contributed by atoms with E-state index in [4.69, 9.17) is 11.6 Å². The molecule has 0 aromatic heterocycles. The molecule has 0 saturated carbocycles. The molecule has 0 radical (unpaired) electrons. The third-order valence-corrected chi connectivity index (χ3v) is 4.19. The summed E-state index contributed by atoms with van der Waals surface area (Å²) >= 11 is 5.84. The minimum Gasteiger partial charge on any atom is -0.355 e. The summed E-state index contributed by atoms with van der Waals surface area (Å²) in [5, 5.41) is 5.99. The van der Waals surface area contributed by atoms with Crippen LogP contribution < -0.4 is 10.6 Å². The maximum absolute atomic E-state index is 12.4. The summed E-state index contributed by atoms with van der Waals surface area (Å²) in [5.74, 6) is -0.213. The molecule has 2 rings (SSSR count). The van der Waals surface area contributed by atoms with Crippen LogP contribution in [0.25, 0.3) is 0 Å². The average Bonchev–Trinajstić information content (AvgIpc) is 2.59. The Morgan fingerprint density at radius 3 is 2.20 bits per heavy atom. The van der Waals surface area contributed by atoms with Crippen molar-refractivity contribution in [2.75, 3.05) is 45.8 Å². The molecule has 0 bridgehead atoms. The highest BCUT2D eigenvalue weighted by atomic mass is 35.5. The van der Waals surface area contributed by atoms with Gasteiger partial charge in [-0.2, -0.15) is 0 Å². The van der Waals surface area contributed by atoms with Crippen LogP contribution in [-0.2, 0) is 9.59 Å². The Labute approximate surface area is 152 Å². The average molecular weight is 367 g/mol. The molecule has 1 aliphatic rings. The van der Waals surface area contributed by atoms with E-state index in [2.05, 4.69) is 10.6 Å². The van der Waals surface area contributed by atoms with Crippen LogP contribution in [0.5, 0.6) is 0 Å². The second kappa shape index (κ2) is 9.39. The van der Waals surface area contributed by atoms with Gasteiger partial charge in [0, 0.05) is 56.8 Å². The summed E-state index contributed by atoms with van der Waals surface area (Å²) in [4.78, 5) is 38.8. The molecule has 1 saturated heterocycles. The lowest BCUT2D eigenvalue weighted by Gasteiger charge is -2.34. The Kier molecular flexibility index (Phi) is 7.21. The monoisotopic (exact) mass is 366 g/mol. The zero-order chi connectivity index (χ0) is 18.2. The van der Waals surface area contributed by atoms with Crippen molar-refractivity contribution >= 4 is 29.3 Å². The van der Waals surface area contributed by atoms with Crippen LogP contribution in [0.1, 0.15) is 17.3 Å². The van der Waals surface area contributed by atoms with E-state index in [0.29, 0.717) is 56.4 Å². The molecule has 7 nitrogen and oxygen atoms in total. The van der Waals surface area contributed by atoms with Gasteiger partial charge in [0.25, 0.3) is 5.91 Å². The fourth-order valence-electron chi connectivity index (χ4n) is 2.58. The number of piperazine rings is 1. The van der Waals surface area contributed by atoms with Crippen LogP contribution in [0.15, 0.2) is 24.3 Å². The molecule has 1 fully saturated rings. The number of nitrogens with zero attached hydrogens (tertiary/aromatic N) is 2. The lowest BCUT2D eigenvalue weighted by molar-refractivity contribution is -0.123. The van der Waals surface area contributed by atoms with Gasteiger partial charge in [-0.3, -0.25) is 19.3 Å². The minimum atomic E-state index is -0.115. The number of hydrogen-bond donors (Lipinski definition) is 2. The molecule has 1 aliphatic heterocycles. The Morgan fingerprint density at radius 2 is 1.60 bits per heavy atom. The summed E-state index contributed by atoms with van der Waals surface area (Å²) in [6, 6.07) is 6.85. The van der Waals surface area contributed by atoms with E-state index < -0.39 is 0 Å². The molecule has 3 amide bonds. The first-order valence-corrected chi connectivity index (χ1v) is 8.62. The summed E-state index contributed by atoms with van der Waals surface area (Å²) in [6.45, 7) is 5.03. The summed E-state index contributed by atoms with van der Waals surface area (Å²) in [6.07, 6.45) is 0. The second-order valence-corrected chi connectivity index (χ2v) is 6.34. The number of halogens is 1. The highest BCUT2D eigenvalue weighted by Gasteiger charge is 2.23. The highest BCUT2D eigenvalue weighted by molar-refractivity contribution is 6.30. The lowest BCUT2D eigenvalue weighted by atomic mass is 10.2. The number of carbonyl (C=O) groups is 3. The molecule has 0 atom stereocenters. The van der Waals surface area contributed by atoms with Gasteiger partial charge in [0.2, 0.25) is 11.8 Å². The van der Waals surface area contributed by atoms with Gasteiger partial charge in [-0.25, -0.2) is 0 Å². The molecule has 0 spiro atoms. The van der Waals surface area contributed by atoms with E-state index in [1.54, 1.807) is 29.2 Å². The van der Waals surface area contributed by atoms with Crippen molar-refractivity contribution in [3.05, 3.63) is 34.9 Å². The first kappa shape index (κ1) is 19.2. The Morgan fingerprint density at radius 1 is 1.00 bits per heavy atom. The van der Waals surface area contributed by atoms with Crippen LogP contribution in [0, 0.1) is 0 Å². The van der Waals surface area contributed by atoms with Crippen molar-refractivity contribution in [3.8, 4) is 0 Å². The number of nitrogens with one attached hydrogen (secondary N) is 2. The fraction of sp³-hybridized carbons (Fsp3) is 0.471. The predicted octanol–water partition coefficient (Wildman–Crippen LogP) is 0.350. The third-order valence-electron chi connectivity index (χ3n) is 3.94. The molecular formula is C17H23ClN4O3. The van der Waals surface area contributed by atoms with Crippen LogP contribution in [-0.4, -0.2) is 73.3 Å². The van der Waals surface area contributed by atoms with Gasteiger partial charge < -0.3 is 15.5 Å². The van der Waals surface area contributed by atoms with E-state index in [1.165, 1.54) is 6.92 Å². The Bertz CT molecular complexity index is 613. The summed E-state index contributed by atoms with van der Waals surface area (Å²) in [5.41, 5.74) is 0.619. The van der Waals surface area contributed by atoms with Crippen LogP contribution in [0.3, 0.4) is 0 Å². The molecule has 0 unspecified atom stereocenters. The van der Waals surface area contributed by atoms with Crippen LogP contribution in [0.4, 0.5) is 0 Å². The molecule has 0 aliphatic carbocycles. The summed E-state index contributed by atoms with van der Waals surface area (Å²) in [7, 11) is 0. The van der Waals surface area contributed by atoms with E-state index in [9.17, 15) is 14.4 Å². The standard InChI is InChI=1S/C17H23ClN4O3/c1-13(23)19-6-7-20-16(24)12-21-8-10-22(11-9-21)17(25)14-2-4-15(18)5-3-14/h2-5H,6-12H2,1H3,(H,19,23)(H,20,24). The van der Waals surface area contributed by atoms with Crippen molar-refractivity contribution in [2.45, 2.75) is 6.92 Å². The molecule has 1 aromatic carbocycles. The summed E-state index contributed by atoms with van der Waals surface area (Å²) < 4.78 is 0. The van der Waals surface area contributed by atoms with Crippen molar-refractivity contribution in [3.63, 3.8) is 0 Å². The molecule has 136 valence electrons. The maximum Gasteiger partial charge on any atom is 0.253 e. The van der Waals surface area contributed by atoms with Crippen LogP contribution in [0.2, 0.25) is 5.02 Å². The van der Waals surface area contributed by atoms with E-state index in [0.717, 1.165) is 0 Å². The van der Waals surface area contributed by atoms with Crippen molar-refractivity contribution < 1.29 is 14.4 Å². The molecule has 1 heterocycles. The van der Waals surface area contributed by atoms with Gasteiger partial charge in [-0.05, 0) is 24.3 Å². The van der Waals surface area contributed by atoms with Crippen molar-refractivity contribution in [1.82, 2.24) is 20.4 Å². The third kappa shape index (κ3) is 6.36. The fourth-order valence-corrected chi connectivity index (χ4v) is 2.71. The zero-order valence-corrected chi connectivity index (χ0v) is 15.0. The molecule has 2 N–H and O–H groups in total. The molecule has 1 aromatic rings. The quantitative estimate of drug-likeness (QED) is 0.712. The number of benzene rings is 1. The van der Waals surface area contributed by atoms with Gasteiger partial charge in [0.15, 0.2) is 0 Å². The first-order chi connectivity index (χ1) is 12.0. The zero-order valence-electron chi connectivity index (χ0n) is 14.3. The SMILES string of the molecule is CC(=O)NCCNC(=O)CN1CCN(C(=O)c2ccc(Cl)cc2)CC1. The number of carbonyl (C=O) groups excluding carboxylic acids is 3. The number of rotatable bonds is 6. The van der Waals surface area contributed by atoms with Gasteiger partial charge in [0.1, 0.15) is 0 Å². The normalized spacial score (nSPS) is 14.9. The molecule has 8 heteroatoms. The smallest absolute Gasteiger partial charge is 0.253 e. The van der Waals surface area contributed by atoms with Gasteiger partial charge in [-0.1, -0.05) is 11.6 Å². The van der Waals surface area contributed by atoms with E-state index >= 15 is 0 Å². The van der Waals surface area contributed by atoms with E-state index in [-0.39, 0.29) is 17.7 Å². The Balaban J connectivity index is 1.70. The molecular weight excluding hydrogens is 344 g/mol. The van der Waals surface area contributed by atoms with Gasteiger partial charge in [-0.15, -0.1) is 0 Å². The Hall–Kier alpha value is -2.12.